The van der Waals surface area contributed by atoms with Gasteiger partial charge in [-0.3, -0.25) is 14.3 Å². The van der Waals surface area contributed by atoms with Crippen LogP contribution in [-0.4, -0.2) is 25.5 Å². The van der Waals surface area contributed by atoms with Gasteiger partial charge in [0.1, 0.15) is 6.04 Å². The quantitative estimate of drug-likeness (QED) is 0.755. The first-order chi connectivity index (χ1) is 13.2. The molecule has 0 bridgehead atoms. The average Bonchev–Trinajstić information content (AvgIpc) is 2.90. The summed E-state index contributed by atoms with van der Waals surface area (Å²) < 4.78 is 3.00. The van der Waals surface area contributed by atoms with Gasteiger partial charge in [0, 0.05) is 30.1 Å². The first-order valence-corrected chi connectivity index (χ1v) is 9.18. The van der Waals surface area contributed by atoms with Crippen LogP contribution < -0.4 is 10.9 Å². The third-order valence-electron chi connectivity index (χ3n) is 5.07. The van der Waals surface area contributed by atoms with E-state index in [0.717, 1.165) is 33.8 Å². The zero-order valence-electron chi connectivity index (χ0n) is 17.1. The minimum atomic E-state index is -0.760. The highest BCUT2D eigenvalue weighted by Gasteiger charge is 2.21. The number of carbonyl (C=O) groups excluding carboxylic acids is 1. The summed E-state index contributed by atoms with van der Waals surface area (Å²) in [7, 11) is 1.86. The highest BCUT2D eigenvalue weighted by molar-refractivity contribution is 5.94. The van der Waals surface area contributed by atoms with Crippen LogP contribution in [0.3, 0.4) is 0 Å². The lowest BCUT2D eigenvalue weighted by Crippen LogP contribution is -2.33. The van der Waals surface area contributed by atoms with E-state index in [4.69, 9.17) is 0 Å². The lowest BCUT2D eigenvalue weighted by Gasteiger charge is -2.17. The summed E-state index contributed by atoms with van der Waals surface area (Å²) in [6, 6.07) is 8.17. The topological polar surface area (TPSA) is 81.8 Å². The van der Waals surface area contributed by atoms with E-state index in [2.05, 4.69) is 15.5 Å². The van der Waals surface area contributed by atoms with Crippen LogP contribution in [0.5, 0.6) is 0 Å². The molecule has 0 saturated heterocycles. The van der Waals surface area contributed by atoms with Gasteiger partial charge in [-0.15, -0.1) is 0 Å². The van der Waals surface area contributed by atoms with E-state index in [0.29, 0.717) is 5.69 Å². The molecule has 0 unspecified atom stereocenters. The van der Waals surface area contributed by atoms with Gasteiger partial charge in [0.2, 0.25) is 5.91 Å². The minimum Gasteiger partial charge on any atom is -0.324 e. The fourth-order valence-corrected chi connectivity index (χ4v) is 3.33. The molecule has 0 saturated carbocycles. The highest BCUT2D eigenvalue weighted by atomic mass is 16.2. The van der Waals surface area contributed by atoms with E-state index >= 15 is 0 Å². The second-order valence-corrected chi connectivity index (χ2v) is 7.10. The summed E-state index contributed by atoms with van der Waals surface area (Å²) in [5.41, 5.74) is 5.64. The molecule has 3 rings (SSSR count). The zero-order chi connectivity index (χ0) is 20.6. The predicted octanol–water partition coefficient (Wildman–Crippen LogP) is 3.08. The molecule has 1 amide bonds. The Bertz CT molecular complexity index is 1090. The molecule has 2 heterocycles. The standard InChI is InChI=1S/C21H25N5O2/c1-12-8-7-9-13(2)20(12)22-21(28)16(5)26-18(27)11-10-17(24-26)19-14(3)23-25(6)15(19)4/h7-11,16H,1-6H3,(H,22,28)/t16-/m1/s1. The van der Waals surface area contributed by atoms with Crippen LogP contribution in [0.4, 0.5) is 5.69 Å². The smallest absolute Gasteiger partial charge is 0.267 e. The van der Waals surface area contributed by atoms with E-state index in [9.17, 15) is 9.59 Å². The Morgan fingerprint density at radius 2 is 1.68 bits per heavy atom. The monoisotopic (exact) mass is 379 g/mol. The molecule has 0 aliphatic carbocycles. The van der Waals surface area contributed by atoms with Crippen molar-refractivity contribution in [1.29, 1.82) is 0 Å². The highest BCUT2D eigenvalue weighted by Crippen LogP contribution is 2.24. The van der Waals surface area contributed by atoms with E-state index in [1.807, 2.05) is 52.9 Å². The van der Waals surface area contributed by atoms with Gasteiger partial charge in [-0.25, -0.2) is 4.68 Å². The van der Waals surface area contributed by atoms with Crippen molar-refractivity contribution in [3.63, 3.8) is 0 Å². The predicted molar refractivity (Wildman–Crippen MR) is 109 cm³/mol. The Kier molecular flexibility index (Phi) is 5.18. The molecule has 0 radical (unpaired) electrons. The summed E-state index contributed by atoms with van der Waals surface area (Å²) in [6.45, 7) is 9.39. The molecule has 3 aromatic rings. The van der Waals surface area contributed by atoms with Crippen molar-refractivity contribution in [1.82, 2.24) is 19.6 Å². The molecule has 1 atom stereocenters. The summed E-state index contributed by atoms with van der Waals surface area (Å²) in [5, 5.41) is 11.8. The third kappa shape index (κ3) is 3.47. The van der Waals surface area contributed by atoms with Crippen molar-refractivity contribution >= 4 is 11.6 Å². The molecule has 2 aromatic heterocycles. The Labute approximate surface area is 164 Å². The van der Waals surface area contributed by atoms with Crippen molar-refractivity contribution in [3.8, 4) is 11.3 Å². The van der Waals surface area contributed by atoms with Gasteiger partial charge in [-0.05, 0) is 51.8 Å². The molecule has 0 fully saturated rings. The van der Waals surface area contributed by atoms with Crippen molar-refractivity contribution in [3.05, 3.63) is 63.2 Å². The number of aromatic nitrogens is 4. The van der Waals surface area contributed by atoms with Gasteiger partial charge in [0.15, 0.2) is 0 Å². The number of hydrogen-bond donors (Lipinski definition) is 1. The normalized spacial score (nSPS) is 12.1. The number of nitrogens with one attached hydrogen (secondary N) is 1. The lowest BCUT2D eigenvalue weighted by molar-refractivity contribution is -0.119. The Morgan fingerprint density at radius 1 is 1.04 bits per heavy atom. The van der Waals surface area contributed by atoms with Gasteiger partial charge >= 0.3 is 0 Å². The van der Waals surface area contributed by atoms with Crippen LogP contribution in [0.15, 0.2) is 35.1 Å². The van der Waals surface area contributed by atoms with E-state index < -0.39 is 6.04 Å². The molecule has 7 heteroatoms. The fraction of sp³-hybridized carbons (Fsp3) is 0.333. The summed E-state index contributed by atoms with van der Waals surface area (Å²) in [4.78, 5) is 25.2. The lowest BCUT2D eigenvalue weighted by atomic mass is 10.1. The van der Waals surface area contributed by atoms with Crippen LogP contribution in [0.25, 0.3) is 11.3 Å². The van der Waals surface area contributed by atoms with Crippen LogP contribution >= 0.6 is 0 Å². The van der Waals surface area contributed by atoms with Crippen LogP contribution in [-0.2, 0) is 11.8 Å². The minimum absolute atomic E-state index is 0.288. The van der Waals surface area contributed by atoms with Crippen molar-refractivity contribution in [2.75, 3.05) is 5.32 Å². The maximum Gasteiger partial charge on any atom is 0.267 e. The van der Waals surface area contributed by atoms with Gasteiger partial charge in [0.25, 0.3) is 5.56 Å². The van der Waals surface area contributed by atoms with Crippen LogP contribution in [0.1, 0.15) is 35.5 Å². The first kappa shape index (κ1) is 19.5. The number of rotatable bonds is 4. The van der Waals surface area contributed by atoms with Crippen LogP contribution in [0.2, 0.25) is 0 Å². The van der Waals surface area contributed by atoms with E-state index in [1.165, 1.54) is 10.7 Å². The largest absolute Gasteiger partial charge is 0.324 e. The number of carbonyl (C=O) groups is 1. The maximum absolute atomic E-state index is 12.8. The van der Waals surface area contributed by atoms with Crippen molar-refractivity contribution in [2.45, 2.75) is 40.7 Å². The Balaban J connectivity index is 1.97. The molecule has 0 aliphatic heterocycles. The molecule has 146 valence electrons. The number of benzene rings is 1. The molecule has 28 heavy (non-hydrogen) atoms. The Hall–Kier alpha value is -3.22. The molecule has 1 N–H and O–H groups in total. The van der Waals surface area contributed by atoms with Gasteiger partial charge in [-0.2, -0.15) is 10.2 Å². The average molecular weight is 379 g/mol. The number of aryl methyl sites for hydroxylation is 4. The molecule has 1 aromatic carbocycles. The second-order valence-electron chi connectivity index (χ2n) is 7.10. The molecular formula is C21H25N5O2. The summed E-state index contributed by atoms with van der Waals surface area (Å²) >= 11 is 0. The summed E-state index contributed by atoms with van der Waals surface area (Å²) in [6.07, 6.45) is 0. The fourth-order valence-electron chi connectivity index (χ4n) is 3.33. The SMILES string of the molecule is Cc1cccc(C)c1NC(=O)[C@@H](C)n1nc(-c2c(C)nn(C)c2C)ccc1=O. The van der Waals surface area contributed by atoms with Crippen molar-refractivity contribution < 1.29 is 4.79 Å². The molecule has 7 nitrogen and oxygen atoms in total. The number of hydrogen-bond acceptors (Lipinski definition) is 4. The van der Waals surface area contributed by atoms with Crippen LogP contribution in [0, 0.1) is 27.7 Å². The third-order valence-corrected chi connectivity index (χ3v) is 5.07. The first-order valence-electron chi connectivity index (χ1n) is 9.18. The molecule has 0 spiro atoms. The van der Waals surface area contributed by atoms with E-state index in [1.54, 1.807) is 17.7 Å². The van der Waals surface area contributed by atoms with Crippen molar-refractivity contribution in [2.24, 2.45) is 7.05 Å². The molecular weight excluding hydrogens is 354 g/mol. The number of anilines is 1. The maximum atomic E-state index is 12.8. The zero-order valence-corrected chi connectivity index (χ0v) is 17.1. The van der Waals surface area contributed by atoms with E-state index in [-0.39, 0.29) is 11.5 Å². The number of amides is 1. The second kappa shape index (κ2) is 7.42. The van der Waals surface area contributed by atoms with Gasteiger partial charge in [0.05, 0.1) is 11.4 Å². The van der Waals surface area contributed by atoms with Gasteiger partial charge < -0.3 is 5.32 Å². The number of nitrogens with zero attached hydrogens (tertiary/aromatic N) is 4. The molecule has 0 aliphatic rings. The number of para-hydroxylation sites is 1. The Morgan fingerprint density at radius 3 is 2.25 bits per heavy atom. The van der Waals surface area contributed by atoms with Gasteiger partial charge in [-0.1, -0.05) is 18.2 Å². The summed E-state index contributed by atoms with van der Waals surface area (Å²) in [5.74, 6) is -0.288.